The van der Waals surface area contributed by atoms with Gasteiger partial charge in [-0.3, -0.25) is 14.4 Å². The highest BCUT2D eigenvalue weighted by molar-refractivity contribution is 5.86. The van der Waals surface area contributed by atoms with E-state index in [-0.39, 0.29) is 52.1 Å². The number of carbonyl (C=O) groups is 3. The fourth-order valence-electron chi connectivity index (χ4n) is 19.2. The minimum Gasteiger partial charge on any atom is -0.481 e. The summed E-state index contributed by atoms with van der Waals surface area (Å²) in [7, 11) is 4.25. The van der Waals surface area contributed by atoms with Gasteiger partial charge in [-0.25, -0.2) is 4.98 Å². The third-order valence-electron chi connectivity index (χ3n) is 22.8. The molecule has 9 heteroatoms. The average molecular weight is 941 g/mol. The van der Waals surface area contributed by atoms with Crippen LogP contribution in [0.15, 0.2) is 66.7 Å². The molecular weight excluding hydrogens is 857 g/mol. The van der Waals surface area contributed by atoms with Crippen molar-refractivity contribution in [1.29, 1.82) is 0 Å². The predicted molar refractivity (Wildman–Crippen MR) is 273 cm³/mol. The zero-order valence-corrected chi connectivity index (χ0v) is 43.9. The van der Waals surface area contributed by atoms with Gasteiger partial charge in [0.05, 0.1) is 33.8 Å². The third kappa shape index (κ3) is 6.82. The number of hydrogen-bond donors (Lipinski definition) is 1. The van der Waals surface area contributed by atoms with Crippen molar-refractivity contribution in [3.8, 4) is 0 Å². The van der Waals surface area contributed by atoms with E-state index in [2.05, 4.69) is 101 Å². The fraction of sp³-hybridized carbons (Fsp3) is 0.700. The number of allylic oxidation sites excluding steroid dienone is 1. The number of carbonyl (C=O) groups excluding carboxylic acids is 2. The number of esters is 1. The van der Waals surface area contributed by atoms with E-state index < -0.39 is 28.1 Å². The van der Waals surface area contributed by atoms with Gasteiger partial charge in [-0.1, -0.05) is 103 Å². The first-order chi connectivity index (χ1) is 32.6. The summed E-state index contributed by atoms with van der Waals surface area (Å²) in [5, 5.41) is 11.4. The van der Waals surface area contributed by atoms with Crippen molar-refractivity contribution in [3.05, 3.63) is 78.1 Å². The van der Waals surface area contributed by atoms with Crippen LogP contribution >= 0.6 is 0 Å². The molecule has 1 aliphatic heterocycles. The molecule has 3 unspecified atom stereocenters. The number of para-hydroxylation sites is 2. The summed E-state index contributed by atoms with van der Waals surface area (Å²) < 4.78 is 8.30. The summed E-state index contributed by atoms with van der Waals surface area (Å²) in [4.78, 5) is 53.5. The Bertz CT molecular complexity index is 2510. The Morgan fingerprint density at radius 1 is 0.812 bits per heavy atom. The second-order valence-electron chi connectivity index (χ2n) is 26.2. The molecule has 7 aliphatic rings. The molecule has 9 nitrogen and oxygen atoms in total. The van der Waals surface area contributed by atoms with E-state index in [0.29, 0.717) is 36.0 Å². The van der Waals surface area contributed by atoms with Gasteiger partial charge < -0.3 is 24.2 Å². The molecule has 13 atom stereocenters. The molecular formula is C60H84N4O5. The molecule has 1 aromatic heterocycles. The first-order valence-corrected chi connectivity index (χ1v) is 27.1. The Kier molecular flexibility index (Phi) is 11.8. The van der Waals surface area contributed by atoms with Crippen LogP contribution in [0, 0.1) is 79.3 Å². The van der Waals surface area contributed by atoms with Crippen LogP contribution in [0.4, 0.5) is 0 Å². The quantitative estimate of drug-likeness (QED) is 0.151. The minimum atomic E-state index is -1.01. The van der Waals surface area contributed by atoms with Crippen LogP contribution in [0.25, 0.3) is 11.0 Å². The van der Waals surface area contributed by atoms with E-state index in [1.165, 1.54) is 5.57 Å². The van der Waals surface area contributed by atoms with Crippen molar-refractivity contribution >= 4 is 28.9 Å². The number of carboxylic acids is 1. The Morgan fingerprint density at radius 3 is 2.22 bits per heavy atom. The molecule has 7 fully saturated rings. The van der Waals surface area contributed by atoms with Gasteiger partial charge in [0.1, 0.15) is 12.4 Å². The van der Waals surface area contributed by atoms with Crippen LogP contribution in [-0.4, -0.2) is 69.5 Å². The number of aliphatic carboxylic acids is 1. The Hall–Kier alpha value is -3.98. The number of aromatic nitrogens is 2. The highest BCUT2D eigenvalue weighted by atomic mass is 16.5. The number of amides is 1. The number of benzene rings is 2. The Morgan fingerprint density at radius 2 is 1.52 bits per heavy atom. The Balaban J connectivity index is 0.921. The van der Waals surface area contributed by atoms with Crippen molar-refractivity contribution in [2.75, 3.05) is 27.2 Å². The summed E-state index contributed by atoms with van der Waals surface area (Å²) >= 11 is 0. The molecule has 6 saturated carbocycles. The lowest BCUT2D eigenvalue weighted by molar-refractivity contribution is -0.269. The first kappa shape index (κ1) is 48.6. The second kappa shape index (κ2) is 16.8. The van der Waals surface area contributed by atoms with Crippen molar-refractivity contribution in [2.24, 2.45) is 79.3 Å². The molecule has 2 heterocycles. The summed E-state index contributed by atoms with van der Waals surface area (Å²) in [6.45, 7) is 26.5. The number of fused-ring (bicyclic) bond motifs is 8. The van der Waals surface area contributed by atoms with Gasteiger partial charge in [0.25, 0.3) is 0 Å². The lowest BCUT2D eigenvalue weighted by Crippen LogP contribution is -2.71. The summed E-state index contributed by atoms with van der Waals surface area (Å²) in [6, 6.07) is 18.2. The molecule has 374 valence electrons. The zero-order chi connectivity index (χ0) is 49.3. The predicted octanol–water partition coefficient (Wildman–Crippen LogP) is 12.4. The topological polar surface area (TPSA) is 105 Å². The van der Waals surface area contributed by atoms with Gasteiger partial charge in [-0.15, -0.1) is 0 Å². The molecule has 6 aliphatic carbocycles. The summed E-state index contributed by atoms with van der Waals surface area (Å²) in [6.07, 6.45) is 12.6. The largest absolute Gasteiger partial charge is 0.481 e. The lowest BCUT2D eigenvalue weighted by atomic mass is 9.29. The third-order valence-corrected chi connectivity index (χ3v) is 22.8. The van der Waals surface area contributed by atoms with Crippen LogP contribution < -0.4 is 0 Å². The van der Waals surface area contributed by atoms with Gasteiger partial charge in [0.2, 0.25) is 5.91 Å². The molecule has 0 bridgehead atoms. The SMILES string of the molecule is C=C(C)C1CCC2(C(=O)N3CCC[C@H]3c3nc4ccccc4n3CCN(C)C)CCC3(C)[C@H](CC[C@@H]4[C@]5(C)CC[C@H]([C@@]6(C(=O)O)C[C@@H](C(=O)OCc7ccccc7)C6(C)C)C(C)(C)[C@H]5CC[C@]43C)[C@@H]12. The van der Waals surface area contributed by atoms with Gasteiger partial charge in [0.15, 0.2) is 0 Å². The van der Waals surface area contributed by atoms with E-state index in [0.717, 1.165) is 119 Å². The van der Waals surface area contributed by atoms with Crippen LogP contribution in [0.1, 0.15) is 156 Å². The number of carboxylic acid groups (broad SMARTS) is 1. The standard InChI is InChI=1S/C60H84N4O5/c1-38(2)40-25-30-59(52(66)64-33-17-22-45(64)50-61-43-20-15-16-21-44(43)63(50)35-34-62(10)11)32-31-57(8)41(49(40)59)23-24-48-56(7)28-26-47(54(3,4)46(56)27-29-58(48,57)9)60(53(67)68)36-42(55(60,5)6)51(65)69-37-39-18-13-12-14-19-39/h12-16,18-21,40-42,45-49H,1,17,22-37H2,2-11H3,(H,67,68)/t40?,41-,42+,45+,46-,47+,48-,49-,56-,57?,58-,59?,60-/m1/s1. The molecule has 2 aromatic carbocycles. The number of likely N-dealkylation sites (tertiary alicyclic amines) is 1. The van der Waals surface area contributed by atoms with Gasteiger partial charge >= 0.3 is 11.9 Å². The number of hydrogen-bond acceptors (Lipinski definition) is 6. The van der Waals surface area contributed by atoms with Crippen LogP contribution in [0.2, 0.25) is 0 Å². The number of ether oxygens (including phenoxy) is 1. The molecule has 0 spiro atoms. The number of rotatable bonds is 11. The van der Waals surface area contributed by atoms with Crippen molar-refractivity contribution < 1.29 is 24.2 Å². The normalized spacial score (nSPS) is 39.7. The van der Waals surface area contributed by atoms with Crippen molar-refractivity contribution in [2.45, 2.75) is 158 Å². The first-order valence-electron chi connectivity index (χ1n) is 27.1. The highest BCUT2D eigenvalue weighted by Crippen LogP contribution is 2.80. The van der Waals surface area contributed by atoms with Gasteiger partial charge in [0, 0.05) is 19.6 Å². The van der Waals surface area contributed by atoms with Crippen LogP contribution in [0.3, 0.4) is 0 Å². The monoisotopic (exact) mass is 941 g/mol. The Labute approximate surface area is 413 Å². The minimum absolute atomic E-state index is 0.0219. The lowest BCUT2D eigenvalue weighted by Gasteiger charge is -2.74. The summed E-state index contributed by atoms with van der Waals surface area (Å²) in [5.41, 5.74) is 2.17. The molecule has 0 radical (unpaired) electrons. The van der Waals surface area contributed by atoms with E-state index >= 15 is 4.79 Å². The van der Waals surface area contributed by atoms with Crippen LogP contribution in [0.5, 0.6) is 0 Å². The fourth-order valence-corrected chi connectivity index (χ4v) is 19.2. The van der Waals surface area contributed by atoms with E-state index in [1.807, 2.05) is 44.2 Å². The van der Waals surface area contributed by atoms with Gasteiger partial charge in [-0.2, -0.15) is 0 Å². The maximum atomic E-state index is 16.0. The van der Waals surface area contributed by atoms with Crippen molar-refractivity contribution in [3.63, 3.8) is 0 Å². The molecule has 10 rings (SSSR count). The molecule has 1 saturated heterocycles. The average Bonchev–Trinajstić information content (AvgIpc) is 4.04. The van der Waals surface area contributed by atoms with Gasteiger partial charge in [-0.05, 0) is 185 Å². The highest BCUT2D eigenvalue weighted by Gasteiger charge is 2.77. The van der Waals surface area contributed by atoms with Crippen molar-refractivity contribution in [1.82, 2.24) is 19.4 Å². The number of nitrogens with zero attached hydrogens (tertiary/aromatic N) is 4. The number of likely N-dealkylation sites (N-methyl/N-ethyl adjacent to an activating group) is 1. The zero-order valence-electron chi connectivity index (χ0n) is 43.9. The van der Waals surface area contributed by atoms with E-state index in [1.54, 1.807) is 0 Å². The maximum Gasteiger partial charge on any atom is 0.310 e. The van der Waals surface area contributed by atoms with Crippen LogP contribution in [-0.2, 0) is 32.3 Å². The van der Waals surface area contributed by atoms with E-state index in [9.17, 15) is 14.7 Å². The maximum absolute atomic E-state index is 16.0. The second-order valence-corrected chi connectivity index (χ2v) is 26.2. The summed E-state index contributed by atoms with van der Waals surface area (Å²) in [5.74, 6) is 1.83. The van der Waals surface area contributed by atoms with E-state index in [4.69, 9.17) is 9.72 Å². The molecule has 69 heavy (non-hydrogen) atoms. The molecule has 3 aromatic rings. The smallest absolute Gasteiger partial charge is 0.310 e. The number of imidazole rings is 1. The molecule has 1 amide bonds. The molecule has 1 N–H and O–H groups in total.